The SMILES string of the molecule is CCN(c1scc(C(=O)NCC2=C(C)CC(C)=CC2=O)c1C)C1CCC(N(C)C)CC1. The zero-order valence-corrected chi connectivity index (χ0v) is 20.7. The fourth-order valence-electron chi connectivity index (χ4n) is 4.97. The number of rotatable bonds is 7. The van der Waals surface area contributed by atoms with E-state index in [1.165, 1.54) is 30.7 Å². The maximum Gasteiger partial charge on any atom is 0.252 e. The molecule has 1 amide bonds. The van der Waals surface area contributed by atoms with Gasteiger partial charge in [0.05, 0.1) is 10.6 Å². The molecule has 0 radical (unpaired) electrons. The molecule has 0 spiro atoms. The highest BCUT2D eigenvalue weighted by Gasteiger charge is 2.29. The molecule has 170 valence electrons. The smallest absolute Gasteiger partial charge is 0.252 e. The Hall–Kier alpha value is -1.92. The highest BCUT2D eigenvalue weighted by atomic mass is 32.1. The molecule has 2 aliphatic carbocycles. The van der Waals surface area contributed by atoms with Gasteiger partial charge in [-0.05, 0) is 85.5 Å². The third-order valence-corrected chi connectivity index (χ3v) is 7.97. The van der Waals surface area contributed by atoms with Gasteiger partial charge in [-0.25, -0.2) is 0 Å². The van der Waals surface area contributed by atoms with Crippen LogP contribution in [0.1, 0.15) is 68.8 Å². The minimum absolute atomic E-state index is 0.0229. The average Bonchev–Trinajstić information content (AvgIpc) is 3.09. The molecular weight excluding hydrogens is 406 g/mol. The number of hydrogen-bond acceptors (Lipinski definition) is 5. The lowest BCUT2D eigenvalue weighted by Crippen LogP contribution is -2.42. The van der Waals surface area contributed by atoms with Crippen molar-refractivity contribution in [1.82, 2.24) is 10.2 Å². The lowest BCUT2D eigenvalue weighted by atomic mass is 9.89. The van der Waals surface area contributed by atoms with E-state index >= 15 is 0 Å². The second-order valence-electron chi connectivity index (χ2n) is 9.26. The lowest BCUT2D eigenvalue weighted by Gasteiger charge is -2.39. The average molecular weight is 444 g/mol. The number of thiophene rings is 1. The predicted molar refractivity (Wildman–Crippen MR) is 130 cm³/mol. The van der Waals surface area contributed by atoms with Crippen LogP contribution < -0.4 is 10.2 Å². The Labute approximate surface area is 191 Å². The van der Waals surface area contributed by atoms with Crippen molar-refractivity contribution < 1.29 is 9.59 Å². The number of nitrogens with one attached hydrogen (secondary N) is 1. The number of ketones is 1. The van der Waals surface area contributed by atoms with Gasteiger partial charge < -0.3 is 15.1 Å². The van der Waals surface area contributed by atoms with Crippen LogP contribution in [0.3, 0.4) is 0 Å². The van der Waals surface area contributed by atoms with Crippen LogP contribution in [0, 0.1) is 6.92 Å². The monoisotopic (exact) mass is 443 g/mol. The number of carbonyl (C=O) groups is 2. The van der Waals surface area contributed by atoms with E-state index < -0.39 is 0 Å². The van der Waals surface area contributed by atoms with Gasteiger partial charge in [0.1, 0.15) is 0 Å². The van der Waals surface area contributed by atoms with Crippen LogP contribution in [0.2, 0.25) is 0 Å². The Morgan fingerprint density at radius 2 is 1.77 bits per heavy atom. The summed E-state index contributed by atoms with van der Waals surface area (Å²) in [5.41, 5.74) is 4.64. The van der Waals surface area contributed by atoms with Gasteiger partial charge in [0.15, 0.2) is 5.78 Å². The number of nitrogens with zero attached hydrogens (tertiary/aromatic N) is 2. The van der Waals surface area contributed by atoms with Gasteiger partial charge in [-0.15, -0.1) is 11.3 Å². The Morgan fingerprint density at radius 3 is 2.35 bits per heavy atom. The number of hydrogen-bond donors (Lipinski definition) is 1. The first-order valence-electron chi connectivity index (χ1n) is 11.4. The number of allylic oxidation sites excluding steroid dienone is 3. The molecule has 0 unspecified atom stereocenters. The van der Waals surface area contributed by atoms with Crippen LogP contribution in [-0.4, -0.2) is 55.9 Å². The summed E-state index contributed by atoms with van der Waals surface area (Å²) in [5.74, 6) is -0.0680. The second-order valence-corrected chi connectivity index (χ2v) is 10.1. The third kappa shape index (κ3) is 5.29. The van der Waals surface area contributed by atoms with E-state index in [1.54, 1.807) is 17.4 Å². The molecule has 0 atom stereocenters. The molecule has 1 fully saturated rings. The topological polar surface area (TPSA) is 52.7 Å². The predicted octanol–water partition coefficient (Wildman–Crippen LogP) is 4.72. The highest BCUT2D eigenvalue weighted by molar-refractivity contribution is 7.14. The van der Waals surface area contributed by atoms with Gasteiger partial charge in [-0.1, -0.05) is 11.1 Å². The molecule has 1 aromatic rings. The third-order valence-electron chi connectivity index (χ3n) is 6.86. The van der Waals surface area contributed by atoms with Gasteiger partial charge in [0.25, 0.3) is 5.91 Å². The van der Waals surface area contributed by atoms with Crippen LogP contribution in [0.15, 0.2) is 28.2 Å². The summed E-state index contributed by atoms with van der Waals surface area (Å²) in [6.45, 7) is 9.46. The molecule has 5 nitrogen and oxygen atoms in total. The summed E-state index contributed by atoms with van der Waals surface area (Å²) in [6, 6.07) is 1.22. The Morgan fingerprint density at radius 1 is 1.13 bits per heavy atom. The van der Waals surface area contributed by atoms with Crippen LogP contribution in [0.4, 0.5) is 5.00 Å². The summed E-state index contributed by atoms with van der Waals surface area (Å²) >= 11 is 1.67. The van der Waals surface area contributed by atoms with E-state index in [-0.39, 0.29) is 11.7 Å². The van der Waals surface area contributed by atoms with E-state index in [2.05, 4.69) is 43.1 Å². The van der Waals surface area contributed by atoms with Gasteiger partial charge >= 0.3 is 0 Å². The molecule has 0 bridgehead atoms. The van der Waals surface area contributed by atoms with E-state index in [4.69, 9.17) is 0 Å². The minimum Gasteiger partial charge on any atom is -0.361 e. The summed E-state index contributed by atoms with van der Waals surface area (Å²) in [4.78, 5) is 30.1. The van der Waals surface area contributed by atoms with Crippen LogP contribution >= 0.6 is 11.3 Å². The lowest BCUT2D eigenvalue weighted by molar-refractivity contribution is -0.111. The Bertz CT molecular complexity index is 889. The quantitative estimate of drug-likeness (QED) is 0.662. The van der Waals surface area contributed by atoms with Crippen molar-refractivity contribution in [3.8, 4) is 0 Å². The minimum atomic E-state index is -0.0910. The second kappa shape index (κ2) is 10.1. The fraction of sp³-hybridized carbons (Fsp3) is 0.600. The normalized spacial score (nSPS) is 22.0. The molecule has 6 heteroatoms. The largest absolute Gasteiger partial charge is 0.361 e. The summed E-state index contributed by atoms with van der Waals surface area (Å²) in [5, 5.41) is 6.17. The highest BCUT2D eigenvalue weighted by Crippen LogP contribution is 2.36. The van der Waals surface area contributed by atoms with Crippen molar-refractivity contribution in [3.63, 3.8) is 0 Å². The van der Waals surface area contributed by atoms with Crippen LogP contribution in [-0.2, 0) is 4.79 Å². The Kier molecular flexibility index (Phi) is 7.76. The standard InChI is InChI=1S/C25H37N3O2S/c1-7-28(20-10-8-19(9-11-20)27(5)6)25-18(4)22(15-31-25)24(30)26-14-21-17(3)12-16(2)13-23(21)29/h13,15,19-20H,7-12,14H2,1-6H3,(H,26,30). The molecule has 1 saturated carbocycles. The molecule has 0 aliphatic heterocycles. The van der Waals surface area contributed by atoms with E-state index in [1.807, 2.05) is 19.2 Å². The van der Waals surface area contributed by atoms with Crippen LogP contribution in [0.5, 0.6) is 0 Å². The molecule has 31 heavy (non-hydrogen) atoms. The van der Waals surface area contributed by atoms with Gasteiger partial charge in [-0.3, -0.25) is 9.59 Å². The van der Waals surface area contributed by atoms with Crippen molar-refractivity contribution in [2.24, 2.45) is 0 Å². The zero-order chi connectivity index (χ0) is 22.7. The van der Waals surface area contributed by atoms with Crippen LogP contribution in [0.25, 0.3) is 0 Å². The first-order chi connectivity index (χ1) is 14.7. The first kappa shape index (κ1) is 23.7. The molecule has 1 aromatic heterocycles. The van der Waals surface area contributed by atoms with Gasteiger partial charge in [0, 0.05) is 36.1 Å². The Balaban J connectivity index is 1.67. The number of amides is 1. The van der Waals surface area contributed by atoms with E-state index in [9.17, 15) is 9.59 Å². The molecule has 3 rings (SSSR count). The molecule has 2 aliphatic rings. The van der Waals surface area contributed by atoms with Crippen molar-refractivity contribution in [2.45, 2.75) is 71.9 Å². The number of anilines is 1. The summed E-state index contributed by atoms with van der Waals surface area (Å²) < 4.78 is 0. The van der Waals surface area contributed by atoms with Crippen molar-refractivity contribution in [2.75, 3.05) is 32.1 Å². The first-order valence-corrected chi connectivity index (χ1v) is 12.3. The maximum atomic E-state index is 12.9. The van der Waals surface area contributed by atoms with Crippen molar-refractivity contribution in [1.29, 1.82) is 0 Å². The fourth-order valence-corrected chi connectivity index (χ4v) is 6.18. The maximum absolute atomic E-state index is 12.9. The number of carbonyl (C=O) groups excluding carboxylic acids is 2. The summed E-state index contributed by atoms with van der Waals surface area (Å²) in [6.07, 6.45) is 7.33. The van der Waals surface area contributed by atoms with E-state index in [0.717, 1.165) is 40.8 Å². The zero-order valence-electron chi connectivity index (χ0n) is 19.9. The molecular formula is C25H37N3O2S. The summed E-state index contributed by atoms with van der Waals surface area (Å²) in [7, 11) is 4.35. The molecule has 0 aromatic carbocycles. The molecule has 1 N–H and O–H groups in total. The van der Waals surface area contributed by atoms with Crippen molar-refractivity contribution in [3.05, 3.63) is 39.3 Å². The van der Waals surface area contributed by atoms with E-state index in [0.29, 0.717) is 18.6 Å². The molecule has 0 saturated heterocycles. The van der Waals surface area contributed by atoms with Gasteiger partial charge in [0.2, 0.25) is 0 Å². The molecule has 1 heterocycles. The van der Waals surface area contributed by atoms with Crippen molar-refractivity contribution >= 4 is 28.0 Å². The van der Waals surface area contributed by atoms with Gasteiger partial charge in [-0.2, -0.15) is 0 Å².